The van der Waals surface area contributed by atoms with Gasteiger partial charge in [0, 0.05) is 43.6 Å². The first-order chi connectivity index (χ1) is 30.7. The number of nitrogens with zero attached hydrogens (tertiary/aromatic N) is 3. The molecule has 0 saturated heterocycles. The van der Waals surface area contributed by atoms with Crippen LogP contribution in [-0.4, -0.2) is 15.0 Å². The molecule has 5 nitrogen and oxygen atoms in total. The molecular formula is C57H33N3O2. The van der Waals surface area contributed by atoms with E-state index in [0.29, 0.717) is 17.5 Å². The number of fused-ring (bicyclic) bond motifs is 10. The Balaban J connectivity index is 1.03. The summed E-state index contributed by atoms with van der Waals surface area (Å²) in [4.78, 5) is 16.0. The van der Waals surface area contributed by atoms with Crippen LogP contribution in [0.1, 0.15) is 0 Å². The molecular weight excluding hydrogens is 759 g/mol. The summed E-state index contributed by atoms with van der Waals surface area (Å²) in [5, 5.41) is 11.0. The molecule has 5 heteroatoms. The van der Waals surface area contributed by atoms with Gasteiger partial charge in [-0.3, -0.25) is 0 Å². The molecule has 0 fully saturated rings. The first-order valence-corrected chi connectivity index (χ1v) is 20.8. The summed E-state index contributed by atoms with van der Waals surface area (Å²) in [5.74, 6) is 1.79. The average Bonchev–Trinajstić information content (AvgIpc) is 3.92. The monoisotopic (exact) mass is 791 g/mol. The minimum absolute atomic E-state index is 0.592. The van der Waals surface area contributed by atoms with Gasteiger partial charge in [-0.1, -0.05) is 164 Å². The fourth-order valence-electron chi connectivity index (χ4n) is 9.43. The predicted octanol–water partition coefficient (Wildman–Crippen LogP) is 15.5. The Morgan fingerprint density at radius 1 is 0.258 bits per heavy atom. The maximum atomic E-state index is 6.39. The van der Waals surface area contributed by atoms with Crippen LogP contribution in [0.15, 0.2) is 209 Å². The highest BCUT2D eigenvalue weighted by molar-refractivity contribution is 6.22. The van der Waals surface area contributed by atoms with Crippen LogP contribution in [0.4, 0.5) is 0 Å². The average molecular weight is 792 g/mol. The van der Waals surface area contributed by atoms with Gasteiger partial charge >= 0.3 is 0 Å². The Morgan fingerprint density at radius 2 is 0.774 bits per heavy atom. The van der Waals surface area contributed by atoms with Gasteiger partial charge in [0.05, 0.1) is 0 Å². The quantitative estimate of drug-likeness (QED) is 0.174. The van der Waals surface area contributed by atoms with Crippen molar-refractivity contribution >= 4 is 76.2 Å². The second-order valence-electron chi connectivity index (χ2n) is 15.9. The van der Waals surface area contributed by atoms with Crippen molar-refractivity contribution in [3.63, 3.8) is 0 Å². The van der Waals surface area contributed by atoms with E-state index in [9.17, 15) is 0 Å². The van der Waals surface area contributed by atoms with Crippen molar-refractivity contribution in [1.82, 2.24) is 15.0 Å². The molecule has 0 N–H and O–H groups in total. The van der Waals surface area contributed by atoms with Crippen molar-refractivity contribution in [1.29, 1.82) is 0 Å². The van der Waals surface area contributed by atoms with E-state index < -0.39 is 0 Å². The first kappa shape index (κ1) is 34.5. The third-order valence-electron chi connectivity index (χ3n) is 12.3. The number of hydrogen-bond acceptors (Lipinski definition) is 5. The fourth-order valence-corrected chi connectivity index (χ4v) is 9.43. The maximum Gasteiger partial charge on any atom is 0.164 e. The second-order valence-corrected chi connectivity index (χ2v) is 15.9. The lowest BCUT2D eigenvalue weighted by molar-refractivity contribution is 0.668. The van der Waals surface area contributed by atoms with Crippen LogP contribution < -0.4 is 0 Å². The summed E-state index contributed by atoms with van der Waals surface area (Å²) in [7, 11) is 0. The Morgan fingerprint density at radius 3 is 1.56 bits per heavy atom. The topological polar surface area (TPSA) is 65.0 Å². The highest BCUT2D eigenvalue weighted by atomic mass is 16.3. The van der Waals surface area contributed by atoms with E-state index in [1.807, 2.05) is 30.3 Å². The summed E-state index contributed by atoms with van der Waals surface area (Å²) in [6.07, 6.45) is 0. The first-order valence-electron chi connectivity index (χ1n) is 20.8. The molecule has 3 heterocycles. The molecule has 0 aliphatic carbocycles. The molecule has 13 rings (SSSR count). The molecule has 0 bridgehead atoms. The van der Waals surface area contributed by atoms with Crippen molar-refractivity contribution in [2.75, 3.05) is 0 Å². The van der Waals surface area contributed by atoms with Crippen LogP contribution in [0.3, 0.4) is 0 Å². The third-order valence-corrected chi connectivity index (χ3v) is 12.3. The van der Waals surface area contributed by atoms with Crippen molar-refractivity contribution in [3.8, 4) is 56.4 Å². The third kappa shape index (κ3) is 5.38. The number of hydrogen-bond donors (Lipinski definition) is 0. The van der Waals surface area contributed by atoms with Gasteiger partial charge < -0.3 is 8.83 Å². The lowest BCUT2D eigenvalue weighted by Crippen LogP contribution is -2.01. The largest absolute Gasteiger partial charge is 0.456 e. The van der Waals surface area contributed by atoms with Crippen LogP contribution in [0, 0.1) is 0 Å². The molecule has 288 valence electrons. The number of benzene rings is 10. The molecule has 0 spiro atoms. The molecule has 0 unspecified atom stereocenters. The number of aromatic nitrogens is 3. The van der Waals surface area contributed by atoms with Crippen LogP contribution in [0.5, 0.6) is 0 Å². The fraction of sp³-hybridized carbons (Fsp3) is 0. The van der Waals surface area contributed by atoms with Crippen LogP contribution in [0.2, 0.25) is 0 Å². The van der Waals surface area contributed by atoms with Gasteiger partial charge in [0.15, 0.2) is 17.5 Å². The van der Waals surface area contributed by atoms with E-state index in [1.165, 1.54) is 10.8 Å². The zero-order chi connectivity index (χ0) is 40.7. The van der Waals surface area contributed by atoms with E-state index in [4.69, 9.17) is 23.8 Å². The lowest BCUT2D eigenvalue weighted by atomic mass is 9.92. The van der Waals surface area contributed by atoms with Gasteiger partial charge in [0.1, 0.15) is 22.3 Å². The van der Waals surface area contributed by atoms with Crippen LogP contribution >= 0.6 is 0 Å². The van der Waals surface area contributed by atoms with E-state index in [0.717, 1.165) is 104 Å². The molecule has 0 radical (unpaired) electrons. The second kappa shape index (κ2) is 13.6. The molecule has 10 aromatic carbocycles. The van der Waals surface area contributed by atoms with Crippen molar-refractivity contribution < 1.29 is 8.83 Å². The molecule has 3 aromatic heterocycles. The minimum atomic E-state index is 0.592. The standard InChI is InChI=1S/C57H33N3O2/c1-2-12-38-33-39(28-25-34(38)11-1)35-23-26-37(27-24-35)55-58-56(60-57(59-55)47-19-9-13-36-29-32-51-54(52(36)47)46-17-6-8-21-49(46)62-51)44-31-30-42(40-14-3-4-15-41(40)44)43-18-10-22-50-53(43)45-16-5-7-20-48(45)61-50/h1-33H. The summed E-state index contributed by atoms with van der Waals surface area (Å²) >= 11 is 0. The predicted molar refractivity (Wildman–Crippen MR) is 254 cm³/mol. The summed E-state index contributed by atoms with van der Waals surface area (Å²) in [6, 6.07) is 69.8. The smallest absolute Gasteiger partial charge is 0.164 e. The van der Waals surface area contributed by atoms with Gasteiger partial charge in [-0.2, -0.15) is 0 Å². The number of furan rings is 2. The zero-order valence-corrected chi connectivity index (χ0v) is 33.2. The van der Waals surface area contributed by atoms with Crippen LogP contribution in [0.25, 0.3) is 133 Å². The van der Waals surface area contributed by atoms with Gasteiger partial charge in [0.2, 0.25) is 0 Å². The Labute approximate surface area is 355 Å². The highest BCUT2D eigenvalue weighted by Crippen LogP contribution is 2.43. The zero-order valence-electron chi connectivity index (χ0n) is 33.2. The molecule has 0 aliphatic rings. The molecule has 62 heavy (non-hydrogen) atoms. The van der Waals surface area contributed by atoms with Crippen molar-refractivity contribution in [3.05, 3.63) is 200 Å². The Hall–Kier alpha value is -8.41. The van der Waals surface area contributed by atoms with E-state index in [-0.39, 0.29) is 0 Å². The van der Waals surface area contributed by atoms with Crippen molar-refractivity contribution in [2.45, 2.75) is 0 Å². The minimum Gasteiger partial charge on any atom is -0.456 e. The molecule has 0 amide bonds. The van der Waals surface area contributed by atoms with Gasteiger partial charge in [0.25, 0.3) is 0 Å². The normalized spacial score (nSPS) is 11.9. The Bertz CT molecular complexity index is 3940. The van der Waals surface area contributed by atoms with Gasteiger partial charge in [-0.25, -0.2) is 15.0 Å². The molecule has 0 atom stereocenters. The van der Waals surface area contributed by atoms with E-state index in [2.05, 4.69) is 170 Å². The lowest BCUT2D eigenvalue weighted by Gasteiger charge is -2.14. The molecule has 0 saturated carbocycles. The van der Waals surface area contributed by atoms with Gasteiger partial charge in [-0.05, 0) is 85.6 Å². The maximum absolute atomic E-state index is 6.39. The molecule has 13 aromatic rings. The summed E-state index contributed by atoms with van der Waals surface area (Å²) < 4.78 is 12.7. The van der Waals surface area contributed by atoms with E-state index >= 15 is 0 Å². The summed E-state index contributed by atoms with van der Waals surface area (Å²) in [6.45, 7) is 0. The SMILES string of the molecule is c1ccc2cc(-c3ccc(-c4nc(-c5ccc(-c6cccc7oc8ccccc8c67)c6ccccc56)nc(-c5cccc6ccc7oc8ccccc8c7c56)n4)cc3)ccc2c1. The van der Waals surface area contributed by atoms with Gasteiger partial charge in [-0.15, -0.1) is 0 Å². The van der Waals surface area contributed by atoms with Crippen molar-refractivity contribution in [2.24, 2.45) is 0 Å². The number of rotatable bonds is 5. The molecule has 0 aliphatic heterocycles. The summed E-state index contributed by atoms with van der Waals surface area (Å²) in [5.41, 5.74) is 10.7. The Kier molecular flexibility index (Phi) is 7.54. The number of para-hydroxylation sites is 2. The van der Waals surface area contributed by atoms with E-state index in [1.54, 1.807) is 0 Å². The highest BCUT2D eigenvalue weighted by Gasteiger charge is 2.21. The van der Waals surface area contributed by atoms with Crippen LogP contribution in [-0.2, 0) is 0 Å².